The molecule has 0 aliphatic carbocycles. The van der Waals surface area contributed by atoms with Gasteiger partial charge in [-0.1, -0.05) is 18.2 Å². The minimum Gasteiger partial charge on any atom is -0.463 e. The number of ether oxygens (including phenoxy) is 1. The molecule has 1 aromatic heterocycles. The van der Waals surface area contributed by atoms with Gasteiger partial charge in [0.25, 0.3) is 5.91 Å². The summed E-state index contributed by atoms with van der Waals surface area (Å²) in [5.41, 5.74) is 0.969. The number of hydrogen-bond donors (Lipinski definition) is 1. The highest BCUT2D eigenvalue weighted by atomic mass is 16.5. The molecule has 5 nitrogen and oxygen atoms in total. The highest BCUT2D eigenvalue weighted by Gasteiger charge is 2.17. The summed E-state index contributed by atoms with van der Waals surface area (Å²) in [5.74, 6) is 0.286. The standard InChI is InChI=1S/C14H17N3O2/c1-4-9-15-13(18)10(2)19-14-11-7-5-6-8-12(11)17(3)16-14/h4-8,10H,1,9H2,2-3H3,(H,15,18). The average molecular weight is 259 g/mol. The molecule has 5 heteroatoms. The minimum absolute atomic E-state index is 0.186. The fraction of sp³-hybridized carbons (Fsp3) is 0.286. The maximum absolute atomic E-state index is 11.7. The van der Waals surface area contributed by atoms with E-state index >= 15 is 0 Å². The van der Waals surface area contributed by atoms with Gasteiger partial charge in [-0.2, -0.15) is 0 Å². The number of carbonyl (C=O) groups excluding carboxylic acids is 1. The molecule has 0 spiro atoms. The molecule has 1 unspecified atom stereocenters. The summed E-state index contributed by atoms with van der Waals surface area (Å²) in [7, 11) is 1.84. The summed E-state index contributed by atoms with van der Waals surface area (Å²) < 4.78 is 7.36. The van der Waals surface area contributed by atoms with Crippen LogP contribution in [0.5, 0.6) is 5.88 Å². The zero-order valence-corrected chi connectivity index (χ0v) is 11.1. The second kappa shape index (κ2) is 5.56. The number of nitrogens with one attached hydrogen (secondary N) is 1. The van der Waals surface area contributed by atoms with Crippen molar-refractivity contribution in [3.8, 4) is 5.88 Å². The van der Waals surface area contributed by atoms with E-state index in [4.69, 9.17) is 4.74 Å². The highest BCUT2D eigenvalue weighted by Crippen LogP contribution is 2.24. The van der Waals surface area contributed by atoms with Gasteiger partial charge in [-0.25, -0.2) is 0 Å². The largest absolute Gasteiger partial charge is 0.463 e. The number of nitrogens with zero attached hydrogens (tertiary/aromatic N) is 2. The van der Waals surface area contributed by atoms with Crippen molar-refractivity contribution < 1.29 is 9.53 Å². The predicted molar refractivity (Wildman–Crippen MR) is 74.0 cm³/mol. The van der Waals surface area contributed by atoms with E-state index < -0.39 is 6.10 Å². The van der Waals surface area contributed by atoms with Gasteiger partial charge < -0.3 is 10.1 Å². The van der Waals surface area contributed by atoms with Crippen molar-refractivity contribution in [2.24, 2.45) is 7.05 Å². The quantitative estimate of drug-likeness (QED) is 0.830. The first-order chi connectivity index (χ1) is 9.13. The number of fused-ring (bicyclic) bond motifs is 1. The average Bonchev–Trinajstić information content (AvgIpc) is 2.73. The molecular weight excluding hydrogens is 242 g/mol. The lowest BCUT2D eigenvalue weighted by Gasteiger charge is -2.12. The zero-order chi connectivity index (χ0) is 13.8. The molecule has 1 atom stereocenters. The topological polar surface area (TPSA) is 56.1 Å². The molecule has 1 N–H and O–H groups in total. The van der Waals surface area contributed by atoms with Crippen LogP contribution in [0, 0.1) is 0 Å². The first-order valence-corrected chi connectivity index (χ1v) is 6.10. The lowest BCUT2D eigenvalue weighted by atomic mass is 10.2. The van der Waals surface area contributed by atoms with E-state index in [2.05, 4.69) is 17.0 Å². The molecule has 0 radical (unpaired) electrons. The normalized spacial score (nSPS) is 12.1. The molecule has 0 saturated carbocycles. The van der Waals surface area contributed by atoms with Crippen molar-refractivity contribution in [1.82, 2.24) is 15.1 Å². The molecule has 0 aliphatic rings. The van der Waals surface area contributed by atoms with Gasteiger partial charge in [0.1, 0.15) is 0 Å². The fourth-order valence-electron chi connectivity index (χ4n) is 1.81. The van der Waals surface area contributed by atoms with Gasteiger partial charge in [-0.3, -0.25) is 9.48 Å². The molecule has 100 valence electrons. The van der Waals surface area contributed by atoms with E-state index in [0.29, 0.717) is 12.4 Å². The predicted octanol–water partition coefficient (Wildman–Crippen LogP) is 1.64. The van der Waals surface area contributed by atoms with Gasteiger partial charge in [0.05, 0.1) is 10.9 Å². The second-order valence-electron chi connectivity index (χ2n) is 4.24. The van der Waals surface area contributed by atoms with Crippen LogP contribution in [0.25, 0.3) is 10.9 Å². The maximum atomic E-state index is 11.7. The SMILES string of the molecule is C=CCNC(=O)C(C)Oc1nn(C)c2ccccc12. The molecule has 0 aliphatic heterocycles. The van der Waals surface area contributed by atoms with E-state index in [1.807, 2.05) is 31.3 Å². The number of aryl methyl sites for hydroxylation is 1. The third kappa shape index (κ3) is 2.76. The van der Waals surface area contributed by atoms with Crippen LogP contribution in [0.15, 0.2) is 36.9 Å². The first kappa shape index (κ1) is 13.1. The number of benzene rings is 1. The molecule has 19 heavy (non-hydrogen) atoms. The van der Waals surface area contributed by atoms with Gasteiger partial charge in [0.15, 0.2) is 6.10 Å². The molecule has 0 bridgehead atoms. The molecule has 1 heterocycles. The number of para-hydroxylation sites is 1. The van der Waals surface area contributed by atoms with Crippen LogP contribution in [0.4, 0.5) is 0 Å². The number of aromatic nitrogens is 2. The van der Waals surface area contributed by atoms with E-state index in [-0.39, 0.29) is 5.91 Å². The van der Waals surface area contributed by atoms with Gasteiger partial charge in [-0.05, 0) is 19.1 Å². The Bertz CT molecular complexity index is 604. The van der Waals surface area contributed by atoms with Crippen molar-refractivity contribution in [3.05, 3.63) is 36.9 Å². The Balaban J connectivity index is 2.17. The minimum atomic E-state index is -0.599. The number of rotatable bonds is 5. The van der Waals surface area contributed by atoms with Crippen LogP contribution in [-0.4, -0.2) is 28.3 Å². The van der Waals surface area contributed by atoms with E-state index in [1.165, 1.54) is 0 Å². The maximum Gasteiger partial charge on any atom is 0.261 e. The van der Waals surface area contributed by atoms with Crippen molar-refractivity contribution >= 4 is 16.8 Å². The summed E-state index contributed by atoms with van der Waals surface area (Å²) >= 11 is 0. The monoisotopic (exact) mass is 259 g/mol. The summed E-state index contributed by atoms with van der Waals surface area (Å²) in [5, 5.41) is 7.87. The molecule has 2 aromatic rings. The number of carbonyl (C=O) groups is 1. The lowest BCUT2D eigenvalue weighted by Crippen LogP contribution is -2.36. The molecule has 0 fully saturated rings. The van der Waals surface area contributed by atoms with Crippen LogP contribution in [0.1, 0.15) is 6.92 Å². The lowest BCUT2D eigenvalue weighted by molar-refractivity contribution is -0.127. The summed E-state index contributed by atoms with van der Waals surface area (Å²) in [4.78, 5) is 11.7. The highest BCUT2D eigenvalue weighted by molar-refractivity contribution is 5.85. The fourth-order valence-corrected chi connectivity index (χ4v) is 1.81. The van der Waals surface area contributed by atoms with Crippen LogP contribution in [0.2, 0.25) is 0 Å². The summed E-state index contributed by atoms with van der Waals surface area (Å²) in [6, 6.07) is 7.73. The number of amides is 1. The Morgan fingerprint density at radius 1 is 1.58 bits per heavy atom. The molecule has 1 amide bonds. The van der Waals surface area contributed by atoms with Crippen LogP contribution in [0.3, 0.4) is 0 Å². The summed E-state index contributed by atoms with van der Waals surface area (Å²) in [6.07, 6.45) is 1.03. The van der Waals surface area contributed by atoms with Crippen molar-refractivity contribution in [1.29, 1.82) is 0 Å². The third-order valence-electron chi connectivity index (χ3n) is 2.80. The van der Waals surface area contributed by atoms with Crippen LogP contribution in [-0.2, 0) is 11.8 Å². The first-order valence-electron chi connectivity index (χ1n) is 6.10. The Labute approximate surface area is 111 Å². The van der Waals surface area contributed by atoms with Crippen LogP contribution < -0.4 is 10.1 Å². The Morgan fingerprint density at radius 2 is 2.32 bits per heavy atom. The third-order valence-corrected chi connectivity index (χ3v) is 2.80. The van der Waals surface area contributed by atoms with Crippen LogP contribution >= 0.6 is 0 Å². The second-order valence-corrected chi connectivity index (χ2v) is 4.24. The Hall–Kier alpha value is -2.30. The van der Waals surface area contributed by atoms with E-state index in [1.54, 1.807) is 17.7 Å². The smallest absolute Gasteiger partial charge is 0.261 e. The zero-order valence-electron chi connectivity index (χ0n) is 11.1. The van der Waals surface area contributed by atoms with Gasteiger partial charge in [0.2, 0.25) is 5.88 Å². The van der Waals surface area contributed by atoms with Gasteiger partial charge >= 0.3 is 0 Å². The van der Waals surface area contributed by atoms with Gasteiger partial charge in [-0.15, -0.1) is 11.7 Å². The Morgan fingerprint density at radius 3 is 3.05 bits per heavy atom. The van der Waals surface area contributed by atoms with Gasteiger partial charge in [0, 0.05) is 13.6 Å². The molecular formula is C14H17N3O2. The van der Waals surface area contributed by atoms with Crippen molar-refractivity contribution in [3.63, 3.8) is 0 Å². The molecule has 1 aromatic carbocycles. The molecule has 0 saturated heterocycles. The van der Waals surface area contributed by atoms with Crippen molar-refractivity contribution in [2.75, 3.05) is 6.54 Å². The number of hydrogen-bond acceptors (Lipinski definition) is 3. The van der Waals surface area contributed by atoms with Crippen molar-refractivity contribution in [2.45, 2.75) is 13.0 Å². The Kier molecular flexibility index (Phi) is 3.85. The summed E-state index contributed by atoms with van der Waals surface area (Å²) in [6.45, 7) is 5.67. The van der Waals surface area contributed by atoms with E-state index in [0.717, 1.165) is 10.9 Å². The molecule has 2 rings (SSSR count). The van der Waals surface area contributed by atoms with E-state index in [9.17, 15) is 4.79 Å².